The number of hydrogen-bond donors (Lipinski definition) is 0. The molecule has 0 saturated carbocycles. The summed E-state index contributed by atoms with van der Waals surface area (Å²) in [6.45, 7) is 2.93. The number of likely N-dealkylation sites (N-methyl/N-ethyl adjacent to an activating group) is 1. The number of nitrogens with zero attached hydrogens (tertiary/aromatic N) is 6. The van der Waals surface area contributed by atoms with E-state index in [0.29, 0.717) is 11.0 Å². The van der Waals surface area contributed by atoms with E-state index in [1.54, 1.807) is 23.3 Å². The van der Waals surface area contributed by atoms with Crippen molar-refractivity contribution >= 4 is 23.3 Å². The van der Waals surface area contributed by atoms with Crippen molar-refractivity contribution in [2.24, 2.45) is 7.05 Å². The van der Waals surface area contributed by atoms with Crippen LogP contribution in [0.3, 0.4) is 0 Å². The van der Waals surface area contributed by atoms with Crippen LogP contribution in [0, 0.1) is 6.92 Å². The highest BCUT2D eigenvalue weighted by Gasteiger charge is 2.34. The van der Waals surface area contributed by atoms with Crippen molar-refractivity contribution in [3.8, 4) is 0 Å². The largest absolute Gasteiger partial charge is 0.349 e. The number of amides is 1. The molecule has 1 aliphatic heterocycles. The van der Waals surface area contributed by atoms with Gasteiger partial charge in [0.15, 0.2) is 0 Å². The second-order valence-corrected chi connectivity index (χ2v) is 6.44. The van der Waals surface area contributed by atoms with E-state index in [2.05, 4.69) is 15.1 Å². The van der Waals surface area contributed by atoms with Crippen LogP contribution in [0.4, 0.5) is 5.82 Å². The molecule has 0 unspecified atom stereocenters. The highest BCUT2D eigenvalue weighted by molar-refractivity contribution is 6.30. The van der Waals surface area contributed by atoms with E-state index in [1.807, 2.05) is 30.8 Å². The minimum absolute atomic E-state index is 0.00559. The number of likely N-dealkylation sites (tertiary alicyclic amines) is 1. The lowest BCUT2D eigenvalue weighted by atomic mass is 10.1. The number of halogens is 1. The number of aryl methyl sites for hydroxylation is 2. The van der Waals surface area contributed by atoms with Crippen molar-refractivity contribution in [2.45, 2.75) is 25.8 Å². The number of carbonyl (C=O) groups excluding carboxylic acids is 1. The van der Waals surface area contributed by atoms with Crippen LogP contribution in [-0.4, -0.2) is 50.7 Å². The number of anilines is 1. The molecule has 1 atom stereocenters. The van der Waals surface area contributed by atoms with E-state index < -0.39 is 0 Å². The van der Waals surface area contributed by atoms with Crippen molar-refractivity contribution in [3.63, 3.8) is 0 Å². The molecule has 0 bridgehead atoms. The fraction of sp³-hybridized carbons (Fsp3) is 0.500. The Balaban J connectivity index is 1.77. The first-order valence-corrected chi connectivity index (χ1v) is 8.32. The Bertz CT molecular complexity index is 732. The fourth-order valence-electron chi connectivity index (χ4n) is 3.25. The second kappa shape index (κ2) is 6.76. The summed E-state index contributed by atoms with van der Waals surface area (Å²) in [5.41, 5.74) is 1.85. The third-order valence-corrected chi connectivity index (χ3v) is 4.86. The van der Waals surface area contributed by atoms with E-state index in [4.69, 9.17) is 11.6 Å². The molecule has 1 saturated heterocycles. The zero-order valence-electron chi connectivity index (χ0n) is 14.1. The molecule has 3 rings (SSSR count). The van der Waals surface area contributed by atoms with Crippen molar-refractivity contribution in [2.75, 3.05) is 25.0 Å². The van der Waals surface area contributed by atoms with Crippen LogP contribution in [0.2, 0.25) is 5.15 Å². The average Bonchev–Trinajstić information content (AvgIpc) is 3.13. The molecular formula is C16H21ClN6O. The molecule has 7 nitrogen and oxygen atoms in total. The van der Waals surface area contributed by atoms with E-state index in [9.17, 15) is 4.79 Å². The van der Waals surface area contributed by atoms with Gasteiger partial charge in [-0.05, 0) is 19.8 Å². The van der Waals surface area contributed by atoms with Gasteiger partial charge in [-0.15, -0.1) is 0 Å². The summed E-state index contributed by atoms with van der Waals surface area (Å²) in [4.78, 5) is 24.8. The van der Waals surface area contributed by atoms with Crippen LogP contribution < -0.4 is 4.90 Å². The first-order chi connectivity index (χ1) is 11.5. The quantitative estimate of drug-likeness (QED) is 0.845. The van der Waals surface area contributed by atoms with Crippen molar-refractivity contribution in [1.82, 2.24) is 24.6 Å². The lowest BCUT2D eigenvalue weighted by molar-refractivity contribution is -0.130. The van der Waals surface area contributed by atoms with Gasteiger partial charge in [-0.25, -0.2) is 4.98 Å². The molecule has 2 aromatic rings. The number of hydrogen-bond acceptors (Lipinski definition) is 5. The predicted molar refractivity (Wildman–Crippen MR) is 91.9 cm³/mol. The molecule has 0 aromatic carbocycles. The van der Waals surface area contributed by atoms with E-state index in [-0.39, 0.29) is 18.5 Å². The average molecular weight is 349 g/mol. The molecule has 0 spiro atoms. The smallest absolute Gasteiger partial charge is 0.242 e. The predicted octanol–water partition coefficient (Wildman–Crippen LogP) is 1.97. The second-order valence-electron chi connectivity index (χ2n) is 6.08. The van der Waals surface area contributed by atoms with Gasteiger partial charge in [-0.2, -0.15) is 5.10 Å². The summed E-state index contributed by atoms with van der Waals surface area (Å²) >= 11 is 6.40. The highest BCUT2D eigenvalue weighted by Crippen LogP contribution is 2.37. The number of aromatic nitrogens is 4. The first kappa shape index (κ1) is 16.7. The number of rotatable bonds is 4. The van der Waals surface area contributed by atoms with Crippen LogP contribution >= 0.6 is 11.6 Å². The Hall–Kier alpha value is -2.15. The lowest BCUT2D eigenvalue weighted by Crippen LogP contribution is -2.39. The topological polar surface area (TPSA) is 67.2 Å². The third-order valence-electron chi connectivity index (χ3n) is 4.42. The van der Waals surface area contributed by atoms with Gasteiger partial charge in [0.25, 0.3) is 0 Å². The first-order valence-electron chi connectivity index (χ1n) is 7.94. The SMILES string of the molecule is Cc1nn(C)c(Cl)c1[C@@H]1CCCN1C(=O)CN(C)c1cnccn1. The summed E-state index contributed by atoms with van der Waals surface area (Å²) in [6.07, 6.45) is 6.76. The Morgan fingerprint density at radius 1 is 1.46 bits per heavy atom. The van der Waals surface area contributed by atoms with Crippen LogP contribution in [0.1, 0.15) is 30.1 Å². The Morgan fingerprint density at radius 3 is 2.88 bits per heavy atom. The zero-order valence-corrected chi connectivity index (χ0v) is 14.9. The minimum atomic E-state index is -0.00559. The van der Waals surface area contributed by atoms with Gasteiger partial charge in [0, 0.05) is 38.6 Å². The molecule has 0 N–H and O–H groups in total. The van der Waals surface area contributed by atoms with Gasteiger partial charge in [0.1, 0.15) is 11.0 Å². The molecule has 1 aliphatic rings. The van der Waals surface area contributed by atoms with Gasteiger partial charge >= 0.3 is 0 Å². The van der Waals surface area contributed by atoms with Gasteiger partial charge in [0.05, 0.1) is 24.5 Å². The Labute approximate surface area is 146 Å². The molecule has 1 amide bonds. The molecule has 3 heterocycles. The van der Waals surface area contributed by atoms with Crippen molar-refractivity contribution in [3.05, 3.63) is 35.0 Å². The molecule has 1 fully saturated rings. The molecular weight excluding hydrogens is 328 g/mol. The zero-order chi connectivity index (χ0) is 17.3. The van der Waals surface area contributed by atoms with E-state index in [1.165, 1.54) is 0 Å². The fourth-order valence-corrected chi connectivity index (χ4v) is 3.55. The van der Waals surface area contributed by atoms with E-state index >= 15 is 0 Å². The minimum Gasteiger partial charge on any atom is -0.349 e. The van der Waals surface area contributed by atoms with Gasteiger partial charge in [-0.1, -0.05) is 11.6 Å². The molecule has 2 aromatic heterocycles. The monoisotopic (exact) mass is 348 g/mol. The van der Waals surface area contributed by atoms with Crippen LogP contribution in [-0.2, 0) is 11.8 Å². The van der Waals surface area contributed by atoms with Gasteiger partial charge in [-0.3, -0.25) is 14.5 Å². The molecule has 0 radical (unpaired) electrons. The summed E-state index contributed by atoms with van der Waals surface area (Å²) in [5, 5.41) is 4.99. The normalized spacial score (nSPS) is 17.3. The maximum atomic E-state index is 12.8. The maximum absolute atomic E-state index is 12.8. The summed E-state index contributed by atoms with van der Waals surface area (Å²) < 4.78 is 1.67. The highest BCUT2D eigenvalue weighted by atomic mass is 35.5. The molecule has 0 aliphatic carbocycles. The molecule has 8 heteroatoms. The van der Waals surface area contributed by atoms with Gasteiger partial charge in [0.2, 0.25) is 5.91 Å². The molecule has 24 heavy (non-hydrogen) atoms. The van der Waals surface area contributed by atoms with Crippen LogP contribution in [0.15, 0.2) is 18.6 Å². The Kier molecular flexibility index (Phi) is 4.71. The Morgan fingerprint density at radius 2 is 2.25 bits per heavy atom. The van der Waals surface area contributed by atoms with Crippen molar-refractivity contribution in [1.29, 1.82) is 0 Å². The van der Waals surface area contributed by atoms with Crippen LogP contribution in [0.5, 0.6) is 0 Å². The summed E-state index contributed by atoms with van der Waals surface area (Å²) in [6, 6.07) is -0.00559. The summed E-state index contributed by atoms with van der Waals surface area (Å²) in [5.74, 6) is 0.738. The maximum Gasteiger partial charge on any atom is 0.242 e. The van der Waals surface area contributed by atoms with Gasteiger partial charge < -0.3 is 9.80 Å². The van der Waals surface area contributed by atoms with E-state index in [0.717, 1.165) is 30.6 Å². The summed E-state index contributed by atoms with van der Waals surface area (Å²) in [7, 11) is 3.66. The standard InChI is InChI=1S/C16H21ClN6O/c1-11-15(16(17)22(3)20-11)12-5-4-8-23(12)14(24)10-21(2)13-9-18-6-7-19-13/h6-7,9,12H,4-5,8,10H2,1-3H3/t12-/m0/s1. The third kappa shape index (κ3) is 3.08. The van der Waals surface area contributed by atoms with Crippen LogP contribution in [0.25, 0.3) is 0 Å². The molecule has 128 valence electrons. The number of carbonyl (C=O) groups is 1. The lowest BCUT2D eigenvalue weighted by Gasteiger charge is -2.27. The van der Waals surface area contributed by atoms with Crippen molar-refractivity contribution < 1.29 is 4.79 Å².